The molecule has 0 bridgehead atoms. The lowest BCUT2D eigenvalue weighted by atomic mass is 9.84. The lowest BCUT2D eigenvalue weighted by Crippen LogP contribution is -2.42. The van der Waals surface area contributed by atoms with Crippen molar-refractivity contribution in [2.24, 2.45) is 11.8 Å². The molecule has 7 heteroatoms. The number of rotatable bonds is 5. The van der Waals surface area contributed by atoms with Crippen LogP contribution in [0.25, 0.3) is 11.0 Å². The normalized spacial score (nSPS) is 22.6. The van der Waals surface area contributed by atoms with Gasteiger partial charge >= 0.3 is 12.1 Å². The molecule has 2 atom stereocenters. The van der Waals surface area contributed by atoms with Gasteiger partial charge in [0, 0.05) is 23.6 Å². The van der Waals surface area contributed by atoms with Gasteiger partial charge in [-0.3, -0.25) is 9.69 Å². The van der Waals surface area contributed by atoms with Crippen molar-refractivity contribution < 1.29 is 19.4 Å². The van der Waals surface area contributed by atoms with Crippen molar-refractivity contribution in [3.05, 3.63) is 59.4 Å². The Hall–Kier alpha value is -3.35. The minimum atomic E-state index is -0.690. The van der Waals surface area contributed by atoms with Crippen LogP contribution >= 0.6 is 0 Å². The van der Waals surface area contributed by atoms with Crippen LogP contribution in [0.2, 0.25) is 0 Å². The summed E-state index contributed by atoms with van der Waals surface area (Å²) in [6.07, 6.45) is 4.34. The highest BCUT2D eigenvalue weighted by Crippen LogP contribution is 2.43. The number of aliphatic carboxylic acids is 1. The van der Waals surface area contributed by atoms with Crippen LogP contribution in [0.5, 0.6) is 0 Å². The Labute approximate surface area is 218 Å². The molecule has 0 radical (unpaired) electrons. The molecule has 2 aliphatic rings. The lowest BCUT2D eigenvalue weighted by Gasteiger charge is -2.34. The molecule has 0 spiro atoms. The first-order valence-electron chi connectivity index (χ1n) is 13.5. The summed E-state index contributed by atoms with van der Waals surface area (Å²) >= 11 is 0. The second kappa shape index (κ2) is 10.2. The number of benzene rings is 2. The SMILES string of the molecule is COC(=O)N1c2ccc3c(nc([C@H](c4ccccc4)C(C)C)n3C3CCC(C(=O)O)CC3)c2CC[C@@H]1C. The van der Waals surface area contributed by atoms with E-state index < -0.39 is 5.97 Å². The number of nitrogens with zero attached hydrogens (tertiary/aromatic N) is 3. The minimum absolute atomic E-state index is 0.0537. The number of carbonyl (C=O) groups excluding carboxylic acids is 1. The quantitative estimate of drug-likeness (QED) is 0.427. The van der Waals surface area contributed by atoms with E-state index in [4.69, 9.17) is 9.72 Å². The first-order chi connectivity index (χ1) is 17.8. The van der Waals surface area contributed by atoms with Crippen molar-refractivity contribution in [1.82, 2.24) is 9.55 Å². The van der Waals surface area contributed by atoms with Crippen LogP contribution in [0.15, 0.2) is 42.5 Å². The Bertz CT molecular complexity index is 1290. The molecule has 1 saturated carbocycles. The zero-order valence-electron chi connectivity index (χ0n) is 22.2. The summed E-state index contributed by atoms with van der Waals surface area (Å²) in [6, 6.07) is 14.9. The first-order valence-corrected chi connectivity index (χ1v) is 13.5. The Balaban J connectivity index is 1.70. The minimum Gasteiger partial charge on any atom is -0.481 e. The van der Waals surface area contributed by atoms with E-state index in [9.17, 15) is 14.7 Å². The molecule has 0 unspecified atom stereocenters. The fourth-order valence-corrected chi connectivity index (χ4v) is 6.47. The smallest absolute Gasteiger partial charge is 0.414 e. The highest BCUT2D eigenvalue weighted by molar-refractivity contribution is 5.95. The van der Waals surface area contributed by atoms with E-state index in [0.717, 1.165) is 53.8 Å². The van der Waals surface area contributed by atoms with Gasteiger partial charge in [-0.15, -0.1) is 0 Å². The molecule has 3 aromatic rings. The van der Waals surface area contributed by atoms with Crippen molar-refractivity contribution in [2.45, 2.75) is 77.3 Å². The van der Waals surface area contributed by atoms with E-state index in [2.05, 4.69) is 55.7 Å². The molecule has 37 heavy (non-hydrogen) atoms. The van der Waals surface area contributed by atoms with Crippen LogP contribution in [0, 0.1) is 11.8 Å². The van der Waals surface area contributed by atoms with Crippen molar-refractivity contribution in [3.8, 4) is 0 Å². The Morgan fingerprint density at radius 2 is 1.73 bits per heavy atom. The van der Waals surface area contributed by atoms with Gasteiger partial charge in [-0.05, 0) is 69.1 Å². The molecule has 7 nitrogen and oxygen atoms in total. The number of ether oxygens (including phenoxy) is 1. The van der Waals surface area contributed by atoms with Gasteiger partial charge in [0.1, 0.15) is 5.82 Å². The molecule has 1 aliphatic heterocycles. The van der Waals surface area contributed by atoms with Crippen LogP contribution in [-0.4, -0.2) is 39.9 Å². The molecule has 1 amide bonds. The van der Waals surface area contributed by atoms with Gasteiger partial charge in [0.2, 0.25) is 0 Å². The van der Waals surface area contributed by atoms with Gasteiger partial charge in [-0.1, -0.05) is 44.2 Å². The summed E-state index contributed by atoms with van der Waals surface area (Å²) in [4.78, 5) is 31.5. The number of carbonyl (C=O) groups is 2. The standard InChI is InChI=1S/C30H37N3O4/c1-18(2)26(20-8-6-5-7-9-20)28-31-27-23-15-10-19(3)32(30(36)37-4)24(23)16-17-25(27)33(28)22-13-11-21(12-14-22)29(34)35/h5-9,16-19,21-22,26H,10-15H2,1-4H3,(H,34,35)/t19-,21?,22?,26-/m0/s1. The highest BCUT2D eigenvalue weighted by atomic mass is 16.5. The second-order valence-corrected chi connectivity index (χ2v) is 11.0. The van der Waals surface area contributed by atoms with Crippen LogP contribution in [0.3, 0.4) is 0 Å². The maximum atomic E-state index is 12.7. The third kappa shape index (κ3) is 4.49. The van der Waals surface area contributed by atoms with Crippen molar-refractivity contribution in [3.63, 3.8) is 0 Å². The fourth-order valence-electron chi connectivity index (χ4n) is 6.47. The average Bonchev–Trinajstić information content (AvgIpc) is 3.27. The van der Waals surface area contributed by atoms with E-state index in [0.29, 0.717) is 18.8 Å². The molecular weight excluding hydrogens is 466 g/mol. The fraction of sp³-hybridized carbons (Fsp3) is 0.500. The van der Waals surface area contributed by atoms with Gasteiger partial charge in [-0.2, -0.15) is 0 Å². The third-order valence-corrected chi connectivity index (χ3v) is 8.37. The Morgan fingerprint density at radius 3 is 2.35 bits per heavy atom. The van der Waals surface area contributed by atoms with E-state index in [1.54, 1.807) is 4.90 Å². The predicted molar refractivity (Wildman–Crippen MR) is 144 cm³/mol. The number of hydrogen-bond donors (Lipinski definition) is 1. The van der Waals surface area contributed by atoms with E-state index in [1.165, 1.54) is 12.7 Å². The maximum absolute atomic E-state index is 12.7. The van der Waals surface area contributed by atoms with Gasteiger partial charge in [-0.25, -0.2) is 9.78 Å². The molecule has 196 valence electrons. The van der Waals surface area contributed by atoms with Gasteiger partial charge < -0.3 is 14.4 Å². The summed E-state index contributed by atoms with van der Waals surface area (Å²) in [6.45, 7) is 6.52. The van der Waals surface area contributed by atoms with Crippen LogP contribution in [0.4, 0.5) is 10.5 Å². The first kappa shape index (κ1) is 25.3. The molecular formula is C30H37N3O4. The average molecular weight is 504 g/mol. The number of carboxylic acids is 1. The molecule has 1 N–H and O–H groups in total. The molecule has 1 aliphatic carbocycles. The molecule has 2 aromatic carbocycles. The third-order valence-electron chi connectivity index (χ3n) is 8.37. The summed E-state index contributed by atoms with van der Waals surface area (Å²) in [7, 11) is 1.43. The van der Waals surface area contributed by atoms with Crippen molar-refractivity contribution >= 4 is 28.8 Å². The summed E-state index contributed by atoms with van der Waals surface area (Å²) < 4.78 is 7.53. The summed E-state index contributed by atoms with van der Waals surface area (Å²) in [5, 5.41) is 9.57. The number of anilines is 1. The molecule has 2 heterocycles. The summed E-state index contributed by atoms with van der Waals surface area (Å²) in [5.41, 5.74) is 5.23. The molecule has 0 saturated heterocycles. The highest BCUT2D eigenvalue weighted by Gasteiger charge is 2.35. The Kier molecular flexibility index (Phi) is 6.97. The number of methoxy groups -OCH3 is 1. The Morgan fingerprint density at radius 1 is 1.03 bits per heavy atom. The van der Waals surface area contributed by atoms with Crippen molar-refractivity contribution in [2.75, 3.05) is 12.0 Å². The number of amides is 1. The molecule has 1 fully saturated rings. The van der Waals surface area contributed by atoms with Crippen LogP contribution < -0.4 is 4.90 Å². The number of aryl methyl sites for hydroxylation is 1. The maximum Gasteiger partial charge on any atom is 0.414 e. The van der Waals surface area contributed by atoms with Crippen LogP contribution in [-0.2, 0) is 16.0 Å². The van der Waals surface area contributed by atoms with Crippen LogP contribution in [0.1, 0.15) is 81.8 Å². The lowest BCUT2D eigenvalue weighted by molar-refractivity contribution is -0.143. The second-order valence-electron chi connectivity index (χ2n) is 11.0. The van der Waals surface area contributed by atoms with Gasteiger partial charge in [0.25, 0.3) is 0 Å². The topological polar surface area (TPSA) is 84.7 Å². The van der Waals surface area contributed by atoms with E-state index in [-0.39, 0.29) is 30.0 Å². The summed E-state index contributed by atoms with van der Waals surface area (Å²) in [5.74, 6) is 0.486. The number of aromatic nitrogens is 2. The number of hydrogen-bond acceptors (Lipinski definition) is 4. The largest absolute Gasteiger partial charge is 0.481 e. The van der Waals surface area contributed by atoms with Gasteiger partial charge in [0.05, 0.1) is 29.7 Å². The number of fused-ring (bicyclic) bond motifs is 3. The number of imidazole rings is 1. The predicted octanol–water partition coefficient (Wildman–Crippen LogP) is 6.55. The van der Waals surface area contributed by atoms with Crippen molar-refractivity contribution in [1.29, 1.82) is 0 Å². The monoisotopic (exact) mass is 503 g/mol. The zero-order valence-corrected chi connectivity index (χ0v) is 22.2. The number of carboxylic acid groups (broad SMARTS) is 1. The molecule has 1 aromatic heterocycles. The zero-order chi connectivity index (χ0) is 26.3. The van der Waals surface area contributed by atoms with E-state index in [1.807, 2.05) is 12.1 Å². The van der Waals surface area contributed by atoms with E-state index >= 15 is 0 Å². The molecule has 5 rings (SSSR count). The van der Waals surface area contributed by atoms with Gasteiger partial charge in [0.15, 0.2) is 0 Å².